The fourth-order valence-corrected chi connectivity index (χ4v) is 4.38. The summed E-state index contributed by atoms with van der Waals surface area (Å²) in [6.07, 6.45) is 2.19. The topological polar surface area (TPSA) is 84.7 Å². The SMILES string of the molecule is Cc1cc(C(=O)Cc2ccc(C(=O)O)cc2)n(Cc2csc(N3CCOCC3)n2)c1. The van der Waals surface area contributed by atoms with E-state index in [1.165, 1.54) is 12.1 Å². The molecule has 156 valence electrons. The first-order valence-electron chi connectivity index (χ1n) is 9.79. The lowest BCUT2D eigenvalue weighted by atomic mass is 10.0. The number of aromatic nitrogens is 2. The number of ether oxygens (including phenoxy) is 1. The number of carbonyl (C=O) groups excluding carboxylic acids is 1. The van der Waals surface area contributed by atoms with Crippen molar-refractivity contribution in [2.24, 2.45) is 0 Å². The molecule has 1 aliphatic heterocycles. The maximum atomic E-state index is 12.9. The molecule has 1 saturated heterocycles. The summed E-state index contributed by atoms with van der Waals surface area (Å²) >= 11 is 1.62. The van der Waals surface area contributed by atoms with Gasteiger partial charge in [-0.3, -0.25) is 4.79 Å². The zero-order valence-electron chi connectivity index (χ0n) is 16.7. The van der Waals surface area contributed by atoms with Crippen molar-refractivity contribution >= 4 is 28.2 Å². The van der Waals surface area contributed by atoms with E-state index >= 15 is 0 Å². The van der Waals surface area contributed by atoms with Crippen molar-refractivity contribution in [3.8, 4) is 0 Å². The molecule has 0 saturated carbocycles. The van der Waals surface area contributed by atoms with Gasteiger partial charge in [-0.1, -0.05) is 12.1 Å². The molecular formula is C22H23N3O4S. The third kappa shape index (κ3) is 4.60. The van der Waals surface area contributed by atoms with Gasteiger partial charge in [-0.15, -0.1) is 11.3 Å². The first-order valence-corrected chi connectivity index (χ1v) is 10.7. The standard InChI is InChI=1S/C22H23N3O4S/c1-15-10-19(20(26)11-16-2-4-17(5-3-16)21(27)28)25(12-15)13-18-14-30-22(23-18)24-6-8-29-9-7-24/h2-5,10,12,14H,6-9,11,13H2,1H3,(H,27,28). The zero-order chi connectivity index (χ0) is 21.1. The second kappa shape index (κ2) is 8.81. The van der Waals surface area contributed by atoms with Gasteiger partial charge in [-0.2, -0.15) is 0 Å². The van der Waals surface area contributed by atoms with Crippen LogP contribution in [0.2, 0.25) is 0 Å². The van der Waals surface area contributed by atoms with Crippen LogP contribution in [0.25, 0.3) is 0 Å². The average Bonchev–Trinajstić information content (AvgIpc) is 3.36. The van der Waals surface area contributed by atoms with E-state index < -0.39 is 5.97 Å². The molecule has 0 aliphatic carbocycles. The van der Waals surface area contributed by atoms with Gasteiger partial charge in [0, 0.05) is 31.1 Å². The van der Waals surface area contributed by atoms with Crippen LogP contribution >= 0.6 is 11.3 Å². The molecule has 1 aromatic carbocycles. The lowest BCUT2D eigenvalue weighted by Gasteiger charge is -2.26. The van der Waals surface area contributed by atoms with E-state index in [1.807, 2.05) is 29.1 Å². The summed E-state index contributed by atoms with van der Waals surface area (Å²) in [6.45, 7) is 5.64. The Balaban J connectivity index is 1.47. The number of carboxylic acids is 1. The van der Waals surface area contributed by atoms with Gasteiger partial charge in [0.15, 0.2) is 10.9 Å². The Morgan fingerprint density at radius 3 is 2.63 bits per heavy atom. The van der Waals surface area contributed by atoms with Gasteiger partial charge >= 0.3 is 5.97 Å². The molecule has 8 heteroatoms. The number of thiazole rings is 1. The van der Waals surface area contributed by atoms with Crippen LogP contribution in [0.15, 0.2) is 41.9 Å². The molecule has 7 nitrogen and oxygen atoms in total. The van der Waals surface area contributed by atoms with Gasteiger partial charge in [0.1, 0.15) is 0 Å². The molecule has 0 bridgehead atoms. The summed E-state index contributed by atoms with van der Waals surface area (Å²) in [5.41, 5.74) is 3.58. The lowest BCUT2D eigenvalue weighted by Crippen LogP contribution is -2.36. The molecule has 1 N–H and O–H groups in total. The number of aromatic carboxylic acids is 1. The molecule has 3 heterocycles. The average molecular weight is 426 g/mol. The predicted molar refractivity (Wildman–Crippen MR) is 115 cm³/mol. The molecule has 3 aromatic rings. The quantitative estimate of drug-likeness (QED) is 0.585. The van der Waals surface area contributed by atoms with Crippen LogP contribution in [0.3, 0.4) is 0 Å². The van der Waals surface area contributed by atoms with E-state index in [2.05, 4.69) is 4.90 Å². The van der Waals surface area contributed by atoms with E-state index in [0.29, 0.717) is 12.2 Å². The minimum atomic E-state index is -0.975. The van der Waals surface area contributed by atoms with Gasteiger partial charge < -0.3 is 19.3 Å². The second-order valence-electron chi connectivity index (χ2n) is 7.35. The highest BCUT2D eigenvalue weighted by atomic mass is 32.1. The third-order valence-corrected chi connectivity index (χ3v) is 5.99. The molecule has 0 spiro atoms. The predicted octanol–water partition coefficient (Wildman–Crippen LogP) is 3.26. The highest BCUT2D eigenvalue weighted by molar-refractivity contribution is 7.13. The number of rotatable bonds is 7. The van der Waals surface area contributed by atoms with Crippen LogP contribution in [-0.2, 0) is 17.7 Å². The second-order valence-corrected chi connectivity index (χ2v) is 8.19. The number of hydrogen-bond donors (Lipinski definition) is 1. The highest BCUT2D eigenvalue weighted by Gasteiger charge is 2.17. The Kier molecular flexibility index (Phi) is 5.96. The number of ketones is 1. The molecule has 0 radical (unpaired) electrons. The summed E-state index contributed by atoms with van der Waals surface area (Å²) in [7, 11) is 0. The number of Topliss-reactive ketones (excluding diaryl/α,β-unsaturated/α-hetero) is 1. The van der Waals surface area contributed by atoms with Crippen LogP contribution in [0.4, 0.5) is 5.13 Å². The van der Waals surface area contributed by atoms with Crippen molar-refractivity contribution < 1.29 is 19.4 Å². The normalized spacial score (nSPS) is 14.1. The smallest absolute Gasteiger partial charge is 0.335 e. The number of carboxylic acid groups (broad SMARTS) is 1. The summed E-state index contributed by atoms with van der Waals surface area (Å²) in [5, 5.41) is 12.0. The van der Waals surface area contributed by atoms with Crippen molar-refractivity contribution in [1.29, 1.82) is 0 Å². The van der Waals surface area contributed by atoms with E-state index in [9.17, 15) is 9.59 Å². The number of carbonyl (C=O) groups is 2. The van der Waals surface area contributed by atoms with E-state index in [0.717, 1.165) is 48.3 Å². The molecule has 30 heavy (non-hydrogen) atoms. The summed E-state index contributed by atoms with van der Waals surface area (Å²) < 4.78 is 7.35. The Morgan fingerprint density at radius 1 is 1.20 bits per heavy atom. The lowest BCUT2D eigenvalue weighted by molar-refractivity contribution is 0.0696. The molecular weight excluding hydrogens is 402 g/mol. The summed E-state index contributed by atoms with van der Waals surface area (Å²) in [4.78, 5) is 30.9. The highest BCUT2D eigenvalue weighted by Crippen LogP contribution is 2.23. The monoisotopic (exact) mass is 425 g/mol. The van der Waals surface area contributed by atoms with Gasteiger partial charge in [-0.25, -0.2) is 9.78 Å². The fourth-order valence-electron chi connectivity index (χ4n) is 3.51. The van der Waals surface area contributed by atoms with Crippen LogP contribution < -0.4 is 4.90 Å². The van der Waals surface area contributed by atoms with Gasteiger partial charge in [-0.05, 0) is 36.2 Å². The first-order chi connectivity index (χ1) is 14.5. The van der Waals surface area contributed by atoms with Crippen molar-refractivity contribution in [2.45, 2.75) is 19.9 Å². The first kappa shape index (κ1) is 20.3. The van der Waals surface area contributed by atoms with E-state index in [4.69, 9.17) is 14.8 Å². The zero-order valence-corrected chi connectivity index (χ0v) is 17.5. The number of aryl methyl sites for hydroxylation is 1. The van der Waals surface area contributed by atoms with E-state index in [-0.39, 0.29) is 17.8 Å². The number of anilines is 1. The molecule has 0 amide bonds. The Morgan fingerprint density at radius 2 is 1.93 bits per heavy atom. The maximum Gasteiger partial charge on any atom is 0.335 e. The van der Waals surface area contributed by atoms with Crippen molar-refractivity contribution in [3.05, 3.63) is 70.0 Å². The van der Waals surface area contributed by atoms with Gasteiger partial charge in [0.05, 0.1) is 36.7 Å². The Bertz CT molecular complexity index is 1050. The van der Waals surface area contributed by atoms with Crippen molar-refractivity contribution in [1.82, 2.24) is 9.55 Å². The molecule has 4 rings (SSSR count). The number of benzene rings is 1. The molecule has 2 aromatic heterocycles. The van der Waals surface area contributed by atoms with Crippen LogP contribution in [0.1, 0.15) is 37.7 Å². The molecule has 1 fully saturated rings. The van der Waals surface area contributed by atoms with Crippen molar-refractivity contribution in [2.75, 3.05) is 31.2 Å². The Labute approximate surface area is 178 Å². The van der Waals surface area contributed by atoms with Crippen LogP contribution in [0, 0.1) is 6.92 Å². The maximum absolute atomic E-state index is 12.9. The molecule has 0 unspecified atom stereocenters. The van der Waals surface area contributed by atoms with Gasteiger partial charge in [0.25, 0.3) is 0 Å². The van der Waals surface area contributed by atoms with Gasteiger partial charge in [0.2, 0.25) is 0 Å². The number of hydrogen-bond acceptors (Lipinski definition) is 6. The summed E-state index contributed by atoms with van der Waals surface area (Å²) in [6, 6.07) is 8.33. The minimum absolute atomic E-state index is 0.00481. The van der Waals surface area contributed by atoms with E-state index in [1.54, 1.807) is 23.5 Å². The van der Waals surface area contributed by atoms with Crippen LogP contribution in [-0.4, -0.2) is 52.7 Å². The van der Waals surface area contributed by atoms with Crippen LogP contribution in [0.5, 0.6) is 0 Å². The third-order valence-electron chi connectivity index (χ3n) is 5.04. The van der Waals surface area contributed by atoms with Crippen molar-refractivity contribution in [3.63, 3.8) is 0 Å². The minimum Gasteiger partial charge on any atom is -0.478 e. The number of nitrogens with zero attached hydrogens (tertiary/aromatic N) is 3. The number of morpholine rings is 1. The molecule has 0 atom stereocenters. The fraction of sp³-hybridized carbons (Fsp3) is 0.318. The largest absolute Gasteiger partial charge is 0.478 e. The summed E-state index contributed by atoms with van der Waals surface area (Å²) in [5.74, 6) is -0.980. The Hall–Kier alpha value is -2.97. The molecule has 1 aliphatic rings.